The van der Waals surface area contributed by atoms with E-state index in [0.717, 1.165) is 22.6 Å². The van der Waals surface area contributed by atoms with E-state index in [1.54, 1.807) is 0 Å². The lowest BCUT2D eigenvalue weighted by Gasteiger charge is -2.22. The number of para-hydroxylation sites is 1. The second kappa shape index (κ2) is 5.53. The third kappa shape index (κ3) is 2.92. The Kier molecular flexibility index (Phi) is 3.82. The first kappa shape index (κ1) is 13.1. The maximum Gasteiger partial charge on any atom is 0.101 e. The lowest BCUT2D eigenvalue weighted by atomic mass is 10.1. The summed E-state index contributed by atoms with van der Waals surface area (Å²) in [5.41, 5.74) is 4.81. The summed E-state index contributed by atoms with van der Waals surface area (Å²) < 4.78 is 0. The van der Waals surface area contributed by atoms with Crippen LogP contribution in [0.5, 0.6) is 0 Å². The maximum atomic E-state index is 9.21. The van der Waals surface area contributed by atoms with E-state index in [0.29, 0.717) is 12.1 Å². The zero-order chi connectivity index (χ0) is 13.8. The molecule has 0 spiro atoms. The molecule has 1 aromatic carbocycles. The number of aromatic nitrogens is 1. The van der Waals surface area contributed by atoms with Gasteiger partial charge in [0.2, 0.25) is 0 Å². The second-order valence-electron chi connectivity index (χ2n) is 4.71. The van der Waals surface area contributed by atoms with Gasteiger partial charge in [0, 0.05) is 12.7 Å². The molecule has 0 saturated carbocycles. The van der Waals surface area contributed by atoms with Crippen LogP contribution in [0.2, 0.25) is 0 Å². The minimum absolute atomic E-state index is 0.696. The van der Waals surface area contributed by atoms with E-state index < -0.39 is 0 Å². The number of nitrogens with zero attached hydrogens (tertiary/aromatic N) is 3. The van der Waals surface area contributed by atoms with Crippen molar-refractivity contribution >= 4 is 5.69 Å². The van der Waals surface area contributed by atoms with Gasteiger partial charge in [0.05, 0.1) is 23.5 Å². The molecule has 0 fully saturated rings. The van der Waals surface area contributed by atoms with E-state index in [4.69, 9.17) is 0 Å². The summed E-state index contributed by atoms with van der Waals surface area (Å²) >= 11 is 0. The van der Waals surface area contributed by atoms with E-state index in [9.17, 15) is 5.26 Å². The van der Waals surface area contributed by atoms with E-state index in [-0.39, 0.29) is 0 Å². The van der Waals surface area contributed by atoms with Crippen LogP contribution in [-0.2, 0) is 6.54 Å². The van der Waals surface area contributed by atoms with Gasteiger partial charge in [-0.05, 0) is 37.6 Å². The van der Waals surface area contributed by atoms with Gasteiger partial charge in [-0.2, -0.15) is 5.26 Å². The van der Waals surface area contributed by atoms with Crippen molar-refractivity contribution in [3.8, 4) is 6.07 Å². The van der Waals surface area contributed by atoms with Gasteiger partial charge in [-0.25, -0.2) is 0 Å². The average Bonchev–Trinajstić information content (AvgIpc) is 2.38. The van der Waals surface area contributed by atoms with Crippen LogP contribution in [0.25, 0.3) is 0 Å². The molecule has 1 aromatic heterocycles. The molecule has 0 amide bonds. The molecule has 0 aliphatic rings. The Balaban J connectivity index is 2.30. The van der Waals surface area contributed by atoms with Gasteiger partial charge in [-0.15, -0.1) is 0 Å². The number of nitriles is 1. The van der Waals surface area contributed by atoms with Crippen molar-refractivity contribution in [2.75, 3.05) is 11.9 Å². The third-order valence-corrected chi connectivity index (χ3v) is 3.09. The number of aryl methyl sites for hydroxylation is 2. The summed E-state index contributed by atoms with van der Waals surface area (Å²) in [5.74, 6) is 0. The molecule has 2 rings (SSSR count). The highest BCUT2D eigenvalue weighted by molar-refractivity contribution is 5.63. The molecule has 1 heterocycles. The first-order chi connectivity index (χ1) is 9.11. The van der Waals surface area contributed by atoms with Gasteiger partial charge >= 0.3 is 0 Å². The summed E-state index contributed by atoms with van der Waals surface area (Å²) in [5, 5.41) is 9.21. The maximum absolute atomic E-state index is 9.21. The summed E-state index contributed by atoms with van der Waals surface area (Å²) in [4.78, 5) is 6.58. The molecule has 0 bridgehead atoms. The topological polar surface area (TPSA) is 39.9 Å². The predicted octanol–water partition coefficient (Wildman–Crippen LogP) is 3.21. The molecule has 3 nitrogen and oxygen atoms in total. The molecule has 0 radical (unpaired) electrons. The summed E-state index contributed by atoms with van der Waals surface area (Å²) in [6.07, 6.45) is 0. The van der Waals surface area contributed by atoms with Gasteiger partial charge < -0.3 is 4.90 Å². The van der Waals surface area contributed by atoms with Crippen molar-refractivity contribution in [1.82, 2.24) is 4.98 Å². The standard InChI is InChI=1S/C16H17N3/c1-12-6-4-8-14(10-17)16(12)19(3)11-15-9-5-7-13(2)18-15/h4-9H,11H2,1-3H3. The Bertz CT molecular complexity index is 626. The highest BCUT2D eigenvalue weighted by atomic mass is 15.1. The first-order valence-electron chi connectivity index (χ1n) is 6.25. The lowest BCUT2D eigenvalue weighted by Crippen LogP contribution is -2.19. The minimum atomic E-state index is 0.696. The van der Waals surface area contributed by atoms with E-state index in [1.165, 1.54) is 0 Å². The average molecular weight is 251 g/mol. The Morgan fingerprint density at radius 3 is 2.58 bits per heavy atom. The molecule has 0 aliphatic carbocycles. The van der Waals surface area contributed by atoms with Gasteiger partial charge in [-0.3, -0.25) is 4.98 Å². The van der Waals surface area contributed by atoms with Gasteiger partial charge in [0.1, 0.15) is 6.07 Å². The zero-order valence-corrected chi connectivity index (χ0v) is 11.5. The largest absolute Gasteiger partial charge is 0.367 e. The monoisotopic (exact) mass is 251 g/mol. The van der Waals surface area contributed by atoms with Crippen LogP contribution in [0, 0.1) is 25.2 Å². The Morgan fingerprint density at radius 1 is 1.16 bits per heavy atom. The van der Waals surface area contributed by atoms with Crippen LogP contribution in [-0.4, -0.2) is 12.0 Å². The van der Waals surface area contributed by atoms with Crippen LogP contribution in [0.3, 0.4) is 0 Å². The van der Waals surface area contributed by atoms with Crippen molar-refractivity contribution in [3.63, 3.8) is 0 Å². The molecule has 96 valence electrons. The van der Waals surface area contributed by atoms with Crippen LogP contribution in [0.15, 0.2) is 36.4 Å². The molecule has 3 heteroatoms. The number of anilines is 1. The first-order valence-corrected chi connectivity index (χ1v) is 6.25. The summed E-state index contributed by atoms with van der Waals surface area (Å²) in [6, 6.07) is 14.0. The molecular weight excluding hydrogens is 234 g/mol. The number of pyridine rings is 1. The molecule has 0 atom stereocenters. The lowest BCUT2D eigenvalue weighted by molar-refractivity contribution is 0.871. The van der Waals surface area contributed by atoms with Crippen molar-refractivity contribution < 1.29 is 0 Å². The number of rotatable bonds is 3. The smallest absolute Gasteiger partial charge is 0.101 e. The summed E-state index contributed by atoms with van der Waals surface area (Å²) in [6.45, 7) is 4.70. The quantitative estimate of drug-likeness (QED) is 0.841. The Hall–Kier alpha value is -2.34. The molecule has 0 unspecified atom stereocenters. The van der Waals surface area contributed by atoms with E-state index >= 15 is 0 Å². The number of hydrogen-bond donors (Lipinski definition) is 0. The van der Waals surface area contributed by atoms with Gasteiger partial charge in [-0.1, -0.05) is 18.2 Å². The number of hydrogen-bond acceptors (Lipinski definition) is 3. The summed E-state index contributed by atoms with van der Waals surface area (Å²) in [7, 11) is 1.99. The van der Waals surface area contributed by atoms with Crippen LogP contribution < -0.4 is 4.90 Å². The Labute approximate surface area is 114 Å². The van der Waals surface area contributed by atoms with Crippen LogP contribution >= 0.6 is 0 Å². The minimum Gasteiger partial charge on any atom is -0.367 e. The molecule has 0 N–H and O–H groups in total. The van der Waals surface area contributed by atoms with Gasteiger partial charge in [0.15, 0.2) is 0 Å². The van der Waals surface area contributed by atoms with Crippen molar-refractivity contribution in [2.24, 2.45) is 0 Å². The fourth-order valence-corrected chi connectivity index (χ4v) is 2.27. The fourth-order valence-electron chi connectivity index (χ4n) is 2.27. The van der Waals surface area contributed by atoms with E-state index in [2.05, 4.69) is 16.0 Å². The molecular formula is C16H17N3. The molecule has 19 heavy (non-hydrogen) atoms. The third-order valence-electron chi connectivity index (χ3n) is 3.09. The molecule has 2 aromatic rings. The second-order valence-corrected chi connectivity index (χ2v) is 4.71. The Morgan fingerprint density at radius 2 is 1.89 bits per heavy atom. The normalized spacial score (nSPS) is 10.0. The van der Waals surface area contributed by atoms with Crippen molar-refractivity contribution in [2.45, 2.75) is 20.4 Å². The highest BCUT2D eigenvalue weighted by Gasteiger charge is 2.11. The van der Waals surface area contributed by atoms with Gasteiger partial charge in [0.25, 0.3) is 0 Å². The van der Waals surface area contributed by atoms with Crippen LogP contribution in [0.4, 0.5) is 5.69 Å². The number of benzene rings is 1. The van der Waals surface area contributed by atoms with E-state index in [1.807, 2.05) is 57.3 Å². The predicted molar refractivity (Wildman–Crippen MR) is 77.0 cm³/mol. The SMILES string of the molecule is Cc1cccc(CN(C)c2c(C)cccc2C#N)n1. The zero-order valence-electron chi connectivity index (χ0n) is 11.5. The highest BCUT2D eigenvalue weighted by Crippen LogP contribution is 2.24. The van der Waals surface area contributed by atoms with Crippen molar-refractivity contribution in [1.29, 1.82) is 5.26 Å². The molecule has 0 saturated heterocycles. The molecule has 0 aliphatic heterocycles. The fraction of sp³-hybridized carbons (Fsp3) is 0.250. The van der Waals surface area contributed by atoms with Crippen molar-refractivity contribution in [3.05, 3.63) is 58.9 Å². The van der Waals surface area contributed by atoms with Crippen LogP contribution in [0.1, 0.15) is 22.5 Å².